The Labute approximate surface area is 187 Å². The van der Waals surface area contributed by atoms with Gasteiger partial charge in [0.15, 0.2) is 0 Å². The van der Waals surface area contributed by atoms with Crippen molar-refractivity contribution in [3.63, 3.8) is 0 Å². The lowest BCUT2D eigenvalue weighted by Crippen LogP contribution is -2.01. The molecule has 0 aliphatic rings. The van der Waals surface area contributed by atoms with Crippen LogP contribution in [0.5, 0.6) is 0 Å². The van der Waals surface area contributed by atoms with Crippen molar-refractivity contribution in [2.24, 2.45) is 0 Å². The van der Waals surface area contributed by atoms with Gasteiger partial charge in [0.25, 0.3) is 0 Å². The molecule has 0 spiro atoms. The molecule has 6 rings (SSSR count). The molecule has 4 aromatic carbocycles. The van der Waals surface area contributed by atoms with Crippen LogP contribution in [0.25, 0.3) is 49.8 Å². The van der Waals surface area contributed by atoms with E-state index in [1.165, 1.54) is 21.8 Å². The highest BCUT2D eigenvalue weighted by Crippen LogP contribution is 2.36. The highest BCUT2D eigenvalue weighted by Gasteiger charge is 2.17. The lowest BCUT2D eigenvalue weighted by Gasteiger charge is -2.13. The van der Waals surface area contributed by atoms with E-state index < -0.39 is 0 Å². The third kappa shape index (κ3) is 2.89. The van der Waals surface area contributed by atoms with Gasteiger partial charge in [0.1, 0.15) is 0 Å². The maximum Gasteiger partial charge on any atom is 0.0928 e. The van der Waals surface area contributed by atoms with Crippen LogP contribution in [0.1, 0.15) is 25.5 Å². The van der Waals surface area contributed by atoms with Crippen LogP contribution in [-0.2, 0) is 0 Å². The summed E-state index contributed by atoms with van der Waals surface area (Å²) in [5.41, 5.74) is 8.51. The summed E-state index contributed by atoms with van der Waals surface area (Å²) in [4.78, 5) is 10.0. The summed E-state index contributed by atoms with van der Waals surface area (Å²) < 4.78 is 2.34. The van der Waals surface area contributed by atoms with E-state index in [9.17, 15) is 0 Å². The van der Waals surface area contributed by atoms with Gasteiger partial charge in [0, 0.05) is 22.0 Å². The average Bonchev–Trinajstić information content (AvgIpc) is 3.17. The first kappa shape index (κ1) is 18.8. The predicted octanol–water partition coefficient (Wildman–Crippen LogP) is 7.52. The number of nitrogens with zero attached hydrogens (tertiary/aromatic N) is 3. The first-order chi connectivity index (χ1) is 15.7. The van der Waals surface area contributed by atoms with Crippen molar-refractivity contribution in [3.8, 4) is 16.9 Å². The molecule has 0 N–H and O–H groups in total. The Hall–Kier alpha value is -3.98. The van der Waals surface area contributed by atoms with Crippen molar-refractivity contribution in [2.45, 2.75) is 19.8 Å². The van der Waals surface area contributed by atoms with Gasteiger partial charge in [0.05, 0.1) is 33.5 Å². The summed E-state index contributed by atoms with van der Waals surface area (Å²) in [6, 6.07) is 34.0. The van der Waals surface area contributed by atoms with Gasteiger partial charge in [-0.3, -0.25) is 0 Å². The average molecular weight is 414 g/mol. The topological polar surface area (TPSA) is 30.7 Å². The van der Waals surface area contributed by atoms with Gasteiger partial charge in [-0.1, -0.05) is 74.5 Å². The van der Waals surface area contributed by atoms with E-state index in [2.05, 4.69) is 91.2 Å². The monoisotopic (exact) mass is 413 g/mol. The van der Waals surface area contributed by atoms with Crippen molar-refractivity contribution >= 4 is 32.8 Å². The van der Waals surface area contributed by atoms with Crippen LogP contribution in [0.4, 0.5) is 0 Å². The number of fused-ring (bicyclic) bond motifs is 4. The number of hydrogen-bond acceptors (Lipinski definition) is 2. The number of rotatable bonds is 3. The fourth-order valence-electron chi connectivity index (χ4n) is 4.60. The van der Waals surface area contributed by atoms with Crippen LogP contribution in [-0.4, -0.2) is 14.5 Å². The second kappa shape index (κ2) is 7.31. The molecule has 6 aromatic rings. The van der Waals surface area contributed by atoms with Crippen LogP contribution in [0.3, 0.4) is 0 Å². The van der Waals surface area contributed by atoms with E-state index >= 15 is 0 Å². The molecule has 3 heteroatoms. The molecule has 2 heterocycles. The van der Waals surface area contributed by atoms with Crippen LogP contribution in [0.2, 0.25) is 0 Å². The minimum absolute atomic E-state index is 0.276. The van der Waals surface area contributed by atoms with E-state index in [1.807, 2.05) is 24.3 Å². The fourth-order valence-corrected chi connectivity index (χ4v) is 4.60. The van der Waals surface area contributed by atoms with E-state index in [0.29, 0.717) is 0 Å². The second-order valence-electron chi connectivity index (χ2n) is 8.52. The van der Waals surface area contributed by atoms with Crippen molar-refractivity contribution in [1.29, 1.82) is 0 Å². The smallest absolute Gasteiger partial charge is 0.0928 e. The molecule has 0 aliphatic carbocycles. The maximum absolute atomic E-state index is 5.06. The summed E-state index contributed by atoms with van der Waals surface area (Å²) in [6.45, 7) is 4.36. The third-order valence-corrected chi connectivity index (χ3v) is 6.11. The van der Waals surface area contributed by atoms with Gasteiger partial charge in [-0.25, -0.2) is 9.97 Å². The lowest BCUT2D eigenvalue weighted by molar-refractivity contribution is 0.825. The highest BCUT2D eigenvalue weighted by molar-refractivity contribution is 6.10. The molecule has 3 nitrogen and oxygen atoms in total. The molecule has 0 atom stereocenters. The SMILES string of the molecule is CC(C)c1nc2ccccc2nc1-c1ccc2c3ccccc3n(-c3ccccc3)c2c1. The first-order valence-corrected chi connectivity index (χ1v) is 11.1. The Morgan fingerprint density at radius 2 is 1.28 bits per heavy atom. The number of para-hydroxylation sites is 4. The molecular weight excluding hydrogens is 390 g/mol. The van der Waals surface area contributed by atoms with E-state index in [4.69, 9.17) is 9.97 Å². The fraction of sp³-hybridized carbons (Fsp3) is 0.103. The zero-order chi connectivity index (χ0) is 21.7. The molecule has 0 saturated heterocycles. The summed E-state index contributed by atoms with van der Waals surface area (Å²) in [6.07, 6.45) is 0. The van der Waals surface area contributed by atoms with Gasteiger partial charge in [0.2, 0.25) is 0 Å². The molecule has 0 unspecified atom stereocenters. The van der Waals surface area contributed by atoms with Crippen LogP contribution in [0.15, 0.2) is 97.1 Å². The standard InChI is InChI=1S/C29H23N3/c1-19(2)28-29(31-25-14-8-7-13-24(25)30-28)20-16-17-23-22-12-6-9-15-26(22)32(27(23)18-20)21-10-4-3-5-11-21/h3-19H,1-2H3. The summed E-state index contributed by atoms with van der Waals surface area (Å²) >= 11 is 0. The Morgan fingerprint density at radius 3 is 2.06 bits per heavy atom. The normalized spacial score (nSPS) is 11.7. The number of aromatic nitrogens is 3. The minimum atomic E-state index is 0.276. The van der Waals surface area contributed by atoms with Crippen LogP contribution in [0, 0.1) is 0 Å². The summed E-state index contributed by atoms with van der Waals surface area (Å²) in [5, 5.41) is 2.50. The van der Waals surface area contributed by atoms with Crippen molar-refractivity contribution in [1.82, 2.24) is 14.5 Å². The molecule has 32 heavy (non-hydrogen) atoms. The molecular formula is C29H23N3. The quantitative estimate of drug-likeness (QED) is 0.300. The molecule has 154 valence electrons. The van der Waals surface area contributed by atoms with Gasteiger partial charge >= 0.3 is 0 Å². The lowest BCUT2D eigenvalue weighted by atomic mass is 10.0. The largest absolute Gasteiger partial charge is 0.309 e. The number of benzene rings is 4. The van der Waals surface area contributed by atoms with Gasteiger partial charge in [-0.15, -0.1) is 0 Å². The number of hydrogen-bond donors (Lipinski definition) is 0. The zero-order valence-corrected chi connectivity index (χ0v) is 18.2. The molecule has 0 bridgehead atoms. The zero-order valence-electron chi connectivity index (χ0n) is 18.2. The van der Waals surface area contributed by atoms with Crippen molar-refractivity contribution < 1.29 is 0 Å². The van der Waals surface area contributed by atoms with Crippen molar-refractivity contribution in [2.75, 3.05) is 0 Å². The maximum atomic E-state index is 5.06. The molecule has 0 amide bonds. The van der Waals surface area contributed by atoms with E-state index in [0.717, 1.165) is 33.7 Å². The molecule has 0 radical (unpaired) electrons. The molecule has 0 saturated carbocycles. The summed E-state index contributed by atoms with van der Waals surface area (Å²) in [5.74, 6) is 0.276. The first-order valence-electron chi connectivity index (χ1n) is 11.1. The Kier molecular flexibility index (Phi) is 4.29. The highest BCUT2D eigenvalue weighted by atomic mass is 15.0. The predicted molar refractivity (Wildman–Crippen MR) is 133 cm³/mol. The minimum Gasteiger partial charge on any atom is -0.309 e. The Balaban J connectivity index is 1.68. The van der Waals surface area contributed by atoms with Gasteiger partial charge in [-0.2, -0.15) is 0 Å². The third-order valence-electron chi connectivity index (χ3n) is 6.11. The summed E-state index contributed by atoms with van der Waals surface area (Å²) in [7, 11) is 0. The Bertz CT molecular complexity index is 1590. The van der Waals surface area contributed by atoms with E-state index in [-0.39, 0.29) is 5.92 Å². The second-order valence-corrected chi connectivity index (χ2v) is 8.52. The molecule has 0 aliphatic heterocycles. The molecule has 2 aromatic heterocycles. The Morgan fingerprint density at radius 1 is 0.625 bits per heavy atom. The van der Waals surface area contributed by atoms with E-state index in [1.54, 1.807) is 0 Å². The van der Waals surface area contributed by atoms with Crippen LogP contribution < -0.4 is 0 Å². The van der Waals surface area contributed by atoms with Crippen LogP contribution >= 0.6 is 0 Å². The molecule has 0 fully saturated rings. The van der Waals surface area contributed by atoms with Gasteiger partial charge < -0.3 is 4.57 Å². The van der Waals surface area contributed by atoms with Crippen molar-refractivity contribution in [3.05, 3.63) is 103 Å². The van der Waals surface area contributed by atoms with Gasteiger partial charge in [-0.05, 0) is 42.3 Å².